The van der Waals surface area contributed by atoms with Crippen LogP contribution in [0.2, 0.25) is 0 Å². The van der Waals surface area contributed by atoms with Crippen molar-refractivity contribution in [3.8, 4) is 10.4 Å². The molecule has 2 aromatic carbocycles. The molecule has 0 bridgehead atoms. The van der Waals surface area contributed by atoms with E-state index in [2.05, 4.69) is 18.2 Å². The summed E-state index contributed by atoms with van der Waals surface area (Å²) in [5, 5.41) is 2.77. The molecular formula is C15H12N2OS. The molecule has 1 amide bonds. The molecular weight excluding hydrogens is 256 g/mol. The summed E-state index contributed by atoms with van der Waals surface area (Å²) in [5.74, 6) is -0.486. The Kier molecular flexibility index (Phi) is 2.72. The van der Waals surface area contributed by atoms with Crippen LogP contribution in [0.15, 0.2) is 48.5 Å². The molecule has 0 unspecified atom stereocenters. The number of primary amides is 1. The van der Waals surface area contributed by atoms with Crippen LogP contribution in [-0.2, 0) is 0 Å². The third-order valence-electron chi connectivity index (χ3n) is 3.08. The Labute approximate surface area is 114 Å². The highest BCUT2D eigenvalue weighted by molar-refractivity contribution is 7.19. The molecule has 0 radical (unpaired) electrons. The van der Waals surface area contributed by atoms with Crippen molar-refractivity contribution in [2.24, 2.45) is 5.73 Å². The lowest BCUT2D eigenvalue weighted by Gasteiger charge is -2.03. The van der Waals surface area contributed by atoms with E-state index < -0.39 is 5.91 Å². The quantitative estimate of drug-likeness (QED) is 0.749. The van der Waals surface area contributed by atoms with Crippen molar-refractivity contribution in [3.63, 3.8) is 0 Å². The van der Waals surface area contributed by atoms with Gasteiger partial charge in [-0.05, 0) is 22.4 Å². The summed E-state index contributed by atoms with van der Waals surface area (Å²) in [5.41, 5.74) is 12.6. The monoisotopic (exact) mass is 268 g/mol. The summed E-state index contributed by atoms with van der Waals surface area (Å²) in [6.07, 6.45) is 0. The second kappa shape index (κ2) is 4.40. The van der Waals surface area contributed by atoms with E-state index in [4.69, 9.17) is 11.5 Å². The zero-order valence-corrected chi connectivity index (χ0v) is 10.9. The molecule has 0 aliphatic rings. The topological polar surface area (TPSA) is 69.1 Å². The third kappa shape index (κ3) is 1.96. The number of thiophene rings is 1. The van der Waals surface area contributed by atoms with E-state index in [9.17, 15) is 4.79 Å². The van der Waals surface area contributed by atoms with Crippen molar-refractivity contribution >= 4 is 33.0 Å². The Morgan fingerprint density at radius 3 is 2.53 bits per heavy atom. The number of benzene rings is 2. The number of nitrogens with two attached hydrogens (primary N) is 2. The second-order valence-corrected chi connectivity index (χ2v) is 5.36. The first kappa shape index (κ1) is 11.7. The fourth-order valence-electron chi connectivity index (χ4n) is 2.17. The number of fused-ring (bicyclic) bond motifs is 1. The molecule has 0 fully saturated rings. The van der Waals surface area contributed by atoms with Gasteiger partial charge in [-0.3, -0.25) is 4.79 Å². The average Bonchev–Trinajstić information content (AvgIpc) is 2.80. The second-order valence-electron chi connectivity index (χ2n) is 4.28. The van der Waals surface area contributed by atoms with Crippen LogP contribution >= 0.6 is 11.3 Å². The van der Waals surface area contributed by atoms with Crippen molar-refractivity contribution < 1.29 is 4.79 Å². The number of hydrogen-bond acceptors (Lipinski definition) is 3. The number of rotatable bonds is 2. The summed E-state index contributed by atoms with van der Waals surface area (Å²) >= 11 is 1.39. The molecule has 94 valence electrons. The van der Waals surface area contributed by atoms with Gasteiger partial charge in [-0.2, -0.15) is 0 Å². The highest BCUT2D eigenvalue weighted by Crippen LogP contribution is 2.36. The van der Waals surface area contributed by atoms with Gasteiger partial charge in [0.15, 0.2) is 0 Å². The van der Waals surface area contributed by atoms with E-state index in [1.165, 1.54) is 11.3 Å². The average molecular weight is 268 g/mol. The number of carbonyl (C=O) groups excluding carboxylic acids is 1. The highest BCUT2D eigenvalue weighted by Gasteiger charge is 2.13. The fraction of sp³-hybridized carbons (Fsp3) is 0. The molecule has 4 N–H and O–H groups in total. The number of anilines is 1. The number of amides is 1. The van der Waals surface area contributed by atoms with Crippen LogP contribution in [0, 0.1) is 0 Å². The molecule has 0 aliphatic heterocycles. The zero-order chi connectivity index (χ0) is 13.4. The molecule has 3 rings (SSSR count). The normalized spacial score (nSPS) is 10.7. The van der Waals surface area contributed by atoms with Crippen molar-refractivity contribution in [1.29, 1.82) is 0 Å². The Morgan fingerprint density at radius 2 is 1.79 bits per heavy atom. The van der Waals surface area contributed by atoms with Gasteiger partial charge >= 0.3 is 0 Å². The molecule has 1 aromatic heterocycles. The maximum Gasteiger partial charge on any atom is 0.251 e. The summed E-state index contributed by atoms with van der Waals surface area (Å²) in [4.78, 5) is 12.2. The first-order valence-electron chi connectivity index (χ1n) is 5.84. The van der Waals surface area contributed by atoms with Crippen LogP contribution in [-0.4, -0.2) is 5.91 Å². The molecule has 0 saturated heterocycles. The Morgan fingerprint density at radius 1 is 1.05 bits per heavy atom. The van der Waals surface area contributed by atoms with Gasteiger partial charge in [0.1, 0.15) is 0 Å². The summed E-state index contributed by atoms with van der Waals surface area (Å²) in [6.45, 7) is 0. The Bertz CT molecular complexity index is 771. The highest BCUT2D eigenvalue weighted by atomic mass is 32.1. The standard InChI is InChI=1S/C15H12N2OS/c16-14(18)12-8-13(19-15(12)17)11-7-3-5-9-4-1-2-6-10(9)11/h1-8H,17H2,(H2,16,18). The van der Waals surface area contributed by atoms with E-state index in [0.717, 1.165) is 21.2 Å². The predicted octanol–water partition coefficient (Wildman–Crippen LogP) is 3.25. The van der Waals surface area contributed by atoms with E-state index in [0.29, 0.717) is 10.6 Å². The van der Waals surface area contributed by atoms with Gasteiger partial charge in [-0.15, -0.1) is 11.3 Å². The van der Waals surface area contributed by atoms with Crippen LogP contribution in [0.4, 0.5) is 5.00 Å². The molecule has 0 aliphatic carbocycles. The predicted molar refractivity (Wildman–Crippen MR) is 80.2 cm³/mol. The summed E-state index contributed by atoms with van der Waals surface area (Å²) in [7, 11) is 0. The van der Waals surface area contributed by atoms with Crippen molar-refractivity contribution in [3.05, 3.63) is 54.1 Å². The molecule has 1 heterocycles. The SMILES string of the molecule is NC(=O)c1cc(-c2cccc3ccccc23)sc1N. The lowest BCUT2D eigenvalue weighted by atomic mass is 10.0. The maximum atomic E-state index is 11.3. The van der Waals surface area contributed by atoms with E-state index >= 15 is 0 Å². The van der Waals surface area contributed by atoms with Gasteiger partial charge in [-0.1, -0.05) is 42.5 Å². The van der Waals surface area contributed by atoms with Crippen molar-refractivity contribution in [2.75, 3.05) is 5.73 Å². The van der Waals surface area contributed by atoms with Gasteiger partial charge in [0.25, 0.3) is 5.91 Å². The number of hydrogen-bond donors (Lipinski definition) is 2. The third-order valence-corrected chi connectivity index (χ3v) is 4.08. The van der Waals surface area contributed by atoms with E-state index in [1.807, 2.05) is 24.3 Å². The van der Waals surface area contributed by atoms with Gasteiger partial charge in [-0.25, -0.2) is 0 Å². The number of nitrogen functional groups attached to an aromatic ring is 1. The van der Waals surface area contributed by atoms with Crippen LogP contribution < -0.4 is 11.5 Å². The molecule has 0 atom stereocenters. The minimum absolute atomic E-state index is 0.396. The Balaban J connectivity index is 2.25. The van der Waals surface area contributed by atoms with E-state index in [-0.39, 0.29) is 0 Å². The molecule has 19 heavy (non-hydrogen) atoms. The molecule has 4 heteroatoms. The summed E-state index contributed by atoms with van der Waals surface area (Å²) in [6, 6.07) is 16.0. The van der Waals surface area contributed by atoms with Gasteiger partial charge < -0.3 is 11.5 Å². The minimum atomic E-state index is -0.486. The molecule has 0 spiro atoms. The summed E-state index contributed by atoms with van der Waals surface area (Å²) < 4.78 is 0. The van der Waals surface area contributed by atoms with Crippen LogP contribution in [0.3, 0.4) is 0 Å². The van der Waals surface area contributed by atoms with Crippen LogP contribution in [0.25, 0.3) is 21.2 Å². The Hall–Kier alpha value is -2.33. The first-order valence-corrected chi connectivity index (χ1v) is 6.65. The van der Waals surface area contributed by atoms with Crippen LogP contribution in [0.5, 0.6) is 0 Å². The fourth-order valence-corrected chi connectivity index (χ4v) is 3.14. The smallest absolute Gasteiger partial charge is 0.251 e. The largest absolute Gasteiger partial charge is 0.390 e. The molecule has 3 nitrogen and oxygen atoms in total. The van der Waals surface area contributed by atoms with Crippen molar-refractivity contribution in [2.45, 2.75) is 0 Å². The van der Waals surface area contributed by atoms with E-state index in [1.54, 1.807) is 6.07 Å². The van der Waals surface area contributed by atoms with Gasteiger partial charge in [0.05, 0.1) is 10.6 Å². The number of carbonyl (C=O) groups is 1. The van der Waals surface area contributed by atoms with Crippen molar-refractivity contribution in [1.82, 2.24) is 0 Å². The van der Waals surface area contributed by atoms with Gasteiger partial charge in [0, 0.05) is 4.88 Å². The minimum Gasteiger partial charge on any atom is -0.390 e. The first-order chi connectivity index (χ1) is 9.16. The lowest BCUT2D eigenvalue weighted by molar-refractivity contribution is 0.100. The van der Waals surface area contributed by atoms with Gasteiger partial charge in [0.2, 0.25) is 0 Å². The maximum absolute atomic E-state index is 11.3. The molecule has 3 aromatic rings. The lowest BCUT2D eigenvalue weighted by Crippen LogP contribution is -2.11. The molecule has 0 saturated carbocycles. The zero-order valence-electron chi connectivity index (χ0n) is 10.1. The van der Waals surface area contributed by atoms with Crippen LogP contribution in [0.1, 0.15) is 10.4 Å².